The molecule has 2 heteroatoms. The lowest BCUT2D eigenvalue weighted by atomic mass is 9.74. The maximum atomic E-state index is 9.71. The molecule has 2 rings (SSSR count). The Bertz CT molecular complexity index is 227. The molecule has 0 amide bonds. The summed E-state index contributed by atoms with van der Waals surface area (Å²) in [4.78, 5) is 0. The monoisotopic (exact) mass is 253 g/mol. The molecule has 0 saturated heterocycles. The Hall–Kier alpha value is -0.0800. The zero-order chi connectivity index (χ0) is 12.8. The fourth-order valence-corrected chi connectivity index (χ4v) is 3.83. The molecule has 2 nitrogen and oxygen atoms in total. The topological polar surface area (TPSA) is 32.3 Å². The van der Waals surface area contributed by atoms with Gasteiger partial charge in [0.1, 0.15) is 0 Å². The van der Waals surface area contributed by atoms with Gasteiger partial charge in [-0.1, -0.05) is 32.6 Å². The summed E-state index contributed by atoms with van der Waals surface area (Å²) in [7, 11) is 0. The van der Waals surface area contributed by atoms with Crippen LogP contribution in [0.4, 0.5) is 0 Å². The average Bonchev–Trinajstić information content (AvgIpc) is 2.47. The minimum atomic E-state index is 0.208. The second kappa shape index (κ2) is 6.91. The van der Waals surface area contributed by atoms with Crippen molar-refractivity contribution in [1.29, 1.82) is 0 Å². The normalized spacial score (nSPS) is 32.3. The fraction of sp³-hybridized carbons (Fsp3) is 1.00. The van der Waals surface area contributed by atoms with Crippen LogP contribution in [0.15, 0.2) is 0 Å². The number of aliphatic hydroxyl groups excluding tert-OH is 1. The van der Waals surface area contributed by atoms with Gasteiger partial charge in [-0.05, 0) is 44.4 Å². The SMILES string of the molecule is CCC1CCC(NCC2(CO)CCCCC2)CC1. The van der Waals surface area contributed by atoms with Gasteiger partial charge in [0.25, 0.3) is 0 Å². The van der Waals surface area contributed by atoms with Crippen LogP contribution in [-0.4, -0.2) is 24.3 Å². The highest BCUT2D eigenvalue weighted by atomic mass is 16.3. The summed E-state index contributed by atoms with van der Waals surface area (Å²) in [6, 6.07) is 0.721. The van der Waals surface area contributed by atoms with Gasteiger partial charge in [-0.3, -0.25) is 0 Å². The van der Waals surface area contributed by atoms with Gasteiger partial charge in [0.05, 0.1) is 0 Å². The molecule has 0 bridgehead atoms. The lowest BCUT2D eigenvalue weighted by Crippen LogP contribution is -2.44. The Kier molecular flexibility index (Phi) is 5.50. The molecule has 18 heavy (non-hydrogen) atoms. The molecule has 0 radical (unpaired) electrons. The van der Waals surface area contributed by atoms with E-state index in [1.807, 2.05) is 0 Å². The van der Waals surface area contributed by atoms with Crippen LogP contribution in [0.3, 0.4) is 0 Å². The first-order valence-electron chi connectivity index (χ1n) is 8.12. The van der Waals surface area contributed by atoms with Gasteiger partial charge in [-0.25, -0.2) is 0 Å². The molecule has 0 aliphatic heterocycles. The standard InChI is InChI=1S/C16H31NO/c1-2-14-6-8-15(9-7-14)17-12-16(13-18)10-4-3-5-11-16/h14-15,17-18H,2-13H2,1H3. The first-order chi connectivity index (χ1) is 8.78. The fourth-order valence-electron chi connectivity index (χ4n) is 3.83. The van der Waals surface area contributed by atoms with E-state index in [-0.39, 0.29) is 5.41 Å². The summed E-state index contributed by atoms with van der Waals surface area (Å²) in [6.45, 7) is 3.75. The van der Waals surface area contributed by atoms with Crippen LogP contribution in [0.2, 0.25) is 0 Å². The molecular formula is C16H31NO. The van der Waals surface area contributed by atoms with Crippen molar-refractivity contribution in [1.82, 2.24) is 5.32 Å². The molecule has 0 aromatic carbocycles. The maximum absolute atomic E-state index is 9.71. The second-order valence-electron chi connectivity index (χ2n) is 6.73. The van der Waals surface area contributed by atoms with Crippen molar-refractivity contribution in [2.45, 2.75) is 77.2 Å². The smallest absolute Gasteiger partial charge is 0.0499 e. The molecule has 2 saturated carbocycles. The maximum Gasteiger partial charge on any atom is 0.0499 e. The molecule has 0 unspecified atom stereocenters. The molecule has 2 fully saturated rings. The summed E-state index contributed by atoms with van der Waals surface area (Å²) in [5.74, 6) is 0.976. The van der Waals surface area contributed by atoms with Crippen LogP contribution < -0.4 is 5.32 Å². The minimum absolute atomic E-state index is 0.208. The summed E-state index contributed by atoms with van der Waals surface area (Å²) in [6.07, 6.45) is 13.3. The number of hydrogen-bond acceptors (Lipinski definition) is 2. The summed E-state index contributed by atoms with van der Waals surface area (Å²) in [5.41, 5.74) is 0.208. The number of nitrogens with one attached hydrogen (secondary N) is 1. The summed E-state index contributed by atoms with van der Waals surface area (Å²) in [5, 5.41) is 13.5. The van der Waals surface area contributed by atoms with Gasteiger partial charge in [-0.15, -0.1) is 0 Å². The quantitative estimate of drug-likeness (QED) is 0.786. The molecule has 106 valence electrons. The van der Waals surface area contributed by atoms with E-state index in [0.29, 0.717) is 6.61 Å². The van der Waals surface area contributed by atoms with E-state index < -0.39 is 0 Å². The Balaban J connectivity index is 1.73. The molecular weight excluding hydrogens is 222 g/mol. The third-order valence-electron chi connectivity index (χ3n) is 5.44. The number of rotatable bonds is 5. The van der Waals surface area contributed by atoms with Crippen molar-refractivity contribution in [3.05, 3.63) is 0 Å². The van der Waals surface area contributed by atoms with Crippen molar-refractivity contribution in [2.24, 2.45) is 11.3 Å². The highest BCUT2D eigenvalue weighted by molar-refractivity contribution is 4.86. The van der Waals surface area contributed by atoms with E-state index in [0.717, 1.165) is 18.5 Å². The van der Waals surface area contributed by atoms with Gasteiger partial charge in [0, 0.05) is 24.6 Å². The van der Waals surface area contributed by atoms with Gasteiger partial charge < -0.3 is 10.4 Å². The molecule has 2 aliphatic carbocycles. The molecule has 0 aromatic rings. The molecule has 2 aliphatic rings. The zero-order valence-electron chi connectivity index (χ0n) is 12.1. The Morgan fingerprint density at radius 1 is 1.06 bits per heavy atom. The predicted octanol–water partition coefficient (Wildman–Crippen LogP) is 3.49. The van der Waals surface area contributed by atoms with Crippen LogP contribution in [0, 0.1) is 11.3 Å². The highest BCUT2D eigenvalue weighted by Gasteiger charge is 2.32. The van der Waals surface area contributed by atoms with Gasteiger partial charge in [0.2, 0.25) is 0 Å². The second-order valence-corrected chi connectivity index (χ2v) is 6.73. The Morgan fingerprint density at radius 2 is 1.72 bits per heavy atom. The van der Waals surface area contributed by atoms with E-state index in [1.54, 1.807) is 0 Å². The van der Waals surface area contributed by atoms with Gasteiger partial charge in [-0.2, -0.15) is 0 Å². The average molecular weight is 253 g/mol. The lowest BCUT2D eigenvalue weighted by Gasteiger charge is -2.38. The summed E-state index contributed by atoms with van der Waals surface area (Å²) >= 11 is 0. The van der Waals surface area contributed by atoms with Gasteiger partial charge >= 0.3 is 0 Å². The van der Waals surface area contributed by atoms with E-state index in [4.69, 9.17) is 0 Å². The van der Waals surface area contributed by atoms with Crippen LogP contribution in [0.1, 0.15) is 71.1 Å². The van der Waals surface area contributed by atoms with Crippen LogP contribution in [0.25, 0.3) is 0 Å². The number of aliphatic hydroxyl groups is 1. The third-order valence-corrected chi connectivity index (χ3v) is 5.44. The first kappa shape index (κ1) is 14.3. The first-order valence-corrected chi connectivity index (χ1v) is 8.12. The van der Waals surface area contributed by atoms with Crippen molar-refractivity contribution < 1.29 is 5.11 Å². The lowest BCUT2D eigenvalue weighted by molar-refractivity contribution is 0.0756. The zero-order valence-corrected chi connectivity index (χ0v) is 12.1. The predicted molar refractivity (Wildman–Crippen MR) is 76.6 cm³/mol. The van der Waals surface area contributed by atoms with Gasteiger partial charge in [0.15, 0.2) is 0 Å². The largest absolute Gasteiger partial charge is 0.396 e. The highest BCUT2D eigenvalue weighted by Crippen LogP contribution is 2.36. The molecule has 2 N–H and O–H groups in total. The van der Waals surface area contributed by atoms with E-state index in [1.165, 1.54) is 64.2 Å². The van der Waals surface area contributed by atoms with E-state index in [9.17, 15) is 5.11 Å². The van der Waals surface area contributed by atoms with Crippen molar-refractivity contribution in [3.8, 4) is 0 Å². The van der Waals surface area contributed by atoms with Crippen molar-refractivity contribution >= 4 is 0 Å². The molecule has 0 heterocycles. The van der Waals surface area contributed by atoms with E-state index >= 15 is 0 Å². The van der Waals surface area contributed by atoms with Crippen LogP contribution in [0.5, 0.6) is 0 Å². The van der Waals surface area contributed by atoms with Crippen LogP contribution in [-0.2, 0) is 0 Å². The Morgan fingerprint density at radius 3 is 2.28 bits per heavy atom. The summed E-state index contributed by atoms with van der Waals surface area (Å²) < 4.78 is 0. The Labute approximate surface area is 113 Å². The number of hydrogen-bond donors (Lipinski definition) is 2. The van der Waals surface area contributed by atoms with Crippen molar-refractivity contribution in [3.63, 3.8) is 0 Å². The molecule has 0 atom stereocenters. The van der Waals surface area contributed by atoms with Crippen LogP contribution >= 0.6 is 0 Å². The van der Waals surface area contributed by atoms with Crippen molar-refractivity contribution in [2.75, 3.05) is 13.2 Å². The molecule has 0 spiro atoms. The molecule has 0 aromatic heterocycles. The third kappa shape index (κ3) is 3.71. The van der Waals surface area contributed by atoms with E-state index in [2.05, 4.69) is 12.2 Å². The minimum Gasteiger partial charge on any atom is -0.396 e.